The van der Waals surface area contributed by atoms with E-state index in [1.54, 1.807) is 0 Å². The van der Waals surface area contributed by atoms with Gasteiger partial charge in [0.05, 0.1) is 6.54 Å². The molecule has 3 rings (SSSR count). The first-order valence-corrected chi connectivity index (χ1v) is 12.0. The lowest BCUT2D eigenvalue weighted by atomic mass is 10.1. The van der Waals surface area contributed by atoms with Crippen molar-refractivity contribution in [2.24, 2.45) is 0 Å². The number of aromatic nitrogens is 2. The van der Waals surface area contributed by atoms with E-state index in [0.717, 1.165) is 48.9 Å². The summed E-state index contributed by atoms with van der Waals surface area (Å²) in [6.07, 6.45) is 7.35. The molecule has 1 aromatic heterocycles. The average Bonchev–Trinajstić information content (AvgIpc) is 3.11. The highest BCUT2D eigenvalue weighted by Crippen LogP contribution is 2.39. The lowest BCUT2D eigenvalue weighted by molar-refractivity contribution is -0.134. The lowest BCUT2D eigenvalue weighted by Gasteiger charge is -2.32. The van der Waals surface area contributed by atoms with E-state index in [4.69, 9.17) is 4.74 Å². The number of hydrogen-bond acceptors (Lipinski definition) is 6. The van der Waals surface area contributed by atoms with Gasteiger partial charge >= 0.3 is 6.01 Å². The summed E-state index contributed by atoms with van der Waals surface area (Å²) in [4.78, 5) is 23.2. The molecule has 2 unspecified atom stereocenters. The summed E-state index contributed by atoms with van der Waals surface area (Å²) in [6.45, 7) is 5.40. The normalized spacial score (nSPS) is 23.2. The van der Waals surface area contributed by atoms with Gasteiger partial charge in [0.2, 0.25) is 5.91 Å². The molecule has 0 aromatic carbocycles. The van der Waals surface area contributed by atoms with E-state index in [-0.39, 0.29) is 12.0 Å². The van der Waals surface area contributed by atoms with E-state index in [9.17, 15) is 4.79 Å². The third kappa shape index (κ3) is 6.05. The van der Waals surface area contributed by atoms with Gasteiger partial charge in [0, 0.05) is 35.4 Å². The summed E-state index contributed by atoms with van der Waals surface area (Å²) in [5.74, 6) is 1.56. The van der Waals surface area contributed by atoms with Crippen LogP contribution in [-0.4, -0.2) is 51.0 Å². The minimum absolute atomic E-state index is 0.000753. The highest BCUT2D eigenvalue weighted by molar-refractivity contribution is 8.77. The van der Waals surface area contributed by atoms with E-state index in [2.05, 4.69) is 9.97 Å². The predicted octanol–water partition coefficient (Wildman–Crippen LogP) is 4.18. The number of unbranched alkanes of at least 4 members (excludes halogenated alkanes) is 1. The summed E-state index contributed by atoms with van der Waals surface area (Å²) in [7, 11) is 4.01. The number of ether oxygens (including phenoxy) is 1. The molecule has 0 saturated carbocycles. The second kappa shape index (κ2) is 9.83. The van der Waals surface area contributed by atoms with Crippen molar-refractivity contribution in [1.29, 1.82) is 0 Å². The molecule has 5 nitrogen and oxygen atoms in total. The monoisotopic (exact) mass is 395 g/mol. The van der Waals surface area contributed by atoms with Gasteiger partial charge in [-0.3, -0.25) is 4.79 Å². The molecule has 26 heavy (non-hydrogen) atoms. The van der Waals surface area contributed by atoms with E-state index in [0.29, 0.717) is 19.0 Å². The van der Waals surface area contributed by atoms with Crippen molar-refractivity contribution in [3.63, 3.8) is 0 Å². The van der Waals surface area contributed by atoms with Crippen molar-refractivity contribution in [3.05, 3.63) is 17.5 Å². The van der Waals surface area contributed by atoms with Crippen LogP contribution in [0.5, 0.6) is 6.01 Å². The van der Waals surface area contributed by atoms with Crippen LogP contribution in [0.1, 0.15) is 56.3 Å². The summed E-state index contributed by atoms with van der Waals surface area (Å²) in [6, 6.07) is 2.38. The van der Waals surface area contributed by atoms with Crippen LogP contribution in [0.4, 0.5) is 0 Å². The minimum Gasteiger partial charge on any atom is -0.458 e. The molecule has 2 aliphatic heterocycles. The van der Waals surface area contributed by atoms with Crippen molar-refractivity contribution in [3.8, 4) is 6.01 Å². The Balaban J connectivity index is 1.41. The Morgan fingerprint density at radius 2 is 2.08 bits per heavy atom. The Morgan fingerprint density at radius 3 is 2.81 bits per heavy atom. The molecule has 1 amide bonds. The van der Waals surface area contributed by atoms with Gasteiger partial charge in [-0.1, -0.05) is 28.0 Å². The molecule has 0 radical (unpaired) electrons. The largest absolute Gasteiger partial charge is 0.458 e. The molecule has 0 spiro atoms. The van der Waals surface area contributed by atoms with Gasteiger partial charge in [-0.05, 0) is 52.0 Å². The maximum absolute atomic E-state index is 12.5. The van der Waals surface area contributed by atoms with Crippen LogP contribution >= 0.6 is 21.6 Å². The van der Waals surface area contributed by atoms with Crippen molar-refractivity contribution in [1.82, 2.24) is 14.9 Å². The maximum atomic E-state index is 12.5. The highest BCUT2D eigenvalue weighted by Gasteiger charge is 2.25. The number of carbonyl (C=O) groups excluding carboxylic acids is 1. The minimum atomic E-state index is 0.000753. The molecule has 2 fully saturated rings. The van der Waals surface area contributed by atoms with Crippen LogP contribution in [-0.2, 0) is 4.79 Å². The Kier molecular flexibility index (Phi) is 7.49. The number of nitrogens with zero attached hydrogens (tertiary/aromatic N) is 3. The number of piperidine rings is 1. The third-order valence-corrected chi connectivity index (χ3v) is 7.87. The lowest BCUT2D eigenvalue weighted by Crippen LogP contribution is -2.44. The Morgan fingerprint density at radius 1 is 1.27 bits per heavy atom. The first-order valence-electron chi connectivity index (χ1n) is 9.65. The van der Waals surface area contributed by atoms with Gasteiger partial charge in [-0.2, -0.15) is 0 Å². The quantitative estimate of drug-likeness (QED) is 0.510. The predicted molar refractivity (Wildman–Crippen MR) is 109 cm³/mol. The number of aryl methyl sites for hydroxylation is 2. The smallest absolute Gasteiger partial charge is 0.317 e. The fraction of sp³-hybridized carbons (Fsp3) is 0.737. The molecule has 3 heterocycles. The van der Waals surface area contributed by atoms with Crippen LogP contribution in [0.2, 0.25) is 0 Å². The molecular weight excluding hydrogens is 366 g/mol. The topological polar surface area (TPSA) is 55.3 Å². The van der Waals surface area contributed by atoms with E-state index < -0.39 is 0 Å². The molecular formula is C19H29N3O2S2. The van der Waals surface area contributed by atoms with Gasteiger partial charge in [0.15, 0.2) is 0 Å². The second-order valence-corrected chi connectivity index (χ2v) is 10.0. The Hall–Kier alpha value is -0.950. The number of hydrogen-bond donors (Lipinski definition) is 0. The van der Waals surface area contributed by atoms with E-state index >= 15 is 0 Å². The fourth-order valence-electron chi connectivity index (χ4n) is 3.53. The van der Waals surface area contributed by atoms with Crippen molar-refractivity contribution < 1.29 is 9.53 Å². The Labute approximate surface area is 164 Å². The summed E-state index contributed by atoms with van der Waals surface area (Å²) in [5.41, 5.74) is 1.82. The second-order valence-electron chi connectivity index (χ2n) is 7.23. The zero-order valence-electron chi connectivity index (χ0n) is 15.8. The van der Waals surface area contributed by atoms with Crippen LogP contribution in [0.25, 0.3) is 0 Å². The summed E-state index contributed by atoms with van der Waals surface area (Å²) < 4.78 is 5.97. The number of likely N-dealkylation sites (tertiary alicyclic amines) is 1. The van der Waals surface area contributed by atoms with Gasteiger partial charge in [-0.25, -0.2) is 9.97 Å². The van der Waals surface area contributed by atoms with Crippen LogP contribution in [0.15, 0.2) is 6.07 Å². The van der Waals surface area contributed by atoms with Crippen LogP contribution in [0.3, 0.4) is 0 Å². The first kappa shape index (κ1) is 19.8. The van der Waals surface area contributed by atoms with Gasteiger partial charge in [-0.15, -0.1) is 0 Å². The molecule has 2 atom stereocenters. The zero-order chi connectivity index (χ0) is 18.4. The number of carbonyl (C=O) groups is 1. The van der Waals surface area contributed by atoms with E-state index in [1.165, 1.54) is 18.6 Å². The maximum Gasteiger partial charge on any atom is 0.317 e. The summed E-state index contributed by atoms with van der Waals surface area (Å²) in [5, 5.41) is 0.806. The van der Waals surface area contributed by atoms with Crippen molar-refractivity contribution in [2.75, 3.05) is 18.8 Å². The molecule has 2 saturated heterocycles. The molecule has 1 aromatic rings. The van der Waals surface area contributed by atoms with Crippen LogP contribution < -0.4 is 4.74 Å². The van der Waals surface area contributed by atoms with Crippen LogP contribution in [0, 0.1) is 13.8 Å². The van der Waals surface area contributed by atoms with E-state index in [1.807, 2.05) is 46.4 Å². The SMILES string of the molecule is Cc1cc(C)nc(OC2CCCN(C(=O)CCCCC3CCSS3)C2)n1. The number of amides is 1. The van der Waals surface area contributed by atoms with Gasteiger partial charge in [0.1, 0.15) is 6.10 Å². The molecule has 0 aliphatic carbocycles. The number of rotatable bonds is 7. The first-order chi connectivity index (χ1) is 12.6. The summed E-state index contributed by atoms with van der Waals surface area (Å²) >= 11 is 0. The molecule has 2 aliphatic rings. The third-order valence-electron chi connectivity index (χ3n) is 4.86. The van der Waals surface area contributed by atoms with Crippen molar-refractivity contribution >= 4 is 27.5 Å². The molecule has 0 N–H and O–H groups in total. The van der Waals surface area contributed by atoms with Gasteiger partial charge < -0.3 is 9.64 Å². The average molecular weight is 396 g/mol. The van der Waals surface area contributed by atoms with Crippen molar-refractivity contribution in [2.45, 2.75) is 70.1 Å². The fourth-order valence-corrected chi connectivity index (χ4v) is 6.55. The zero-order valence-corrected chi connectivity index (χ0v) is 17.4. The highest BCUT2D eigenvalue weighted by atomic mass is 33.1. The molecule has 7 heteroatoms. The Bertz CT molecular complexity index is 588. The molecule has 0 bridgehead atoms. The standard InChI is InChI=1S/C19H29N3O2S2/c1-14-12-15(2)21-19(20-14)24-16-6-5-10-22(13-16)18(23)8-4-3-7-17-9-11-25-26-17/h12,16-17H,3-11,13H2,1-2H3. The van der Waals surface area contributed by atoms with Gasteiger partial charge in [0.25, 0.3) is 0 Å². The molecule has 144 valence electrons.